The number of benzene rings is 2. The number of halogens is 2. The van der Waals surface area contributed by atoms with E-state index in [1.165, 1.54) is 6.07 Å². The van der Waals surface area contributed by atoms with E-state index in [1.54, 1.807) is 0 Å². The average molecular weight is 492 g/mol. The van der Waals surface area contributed by atoms with Gasteiger partial charge in [-0.2, -0.15) is 0 Å². The molecule has 0 bridgehead atoms. The maximum Gasteiger partial charge on any atom is 0.255 e. The number of nitrogens with zero attached hydrogens (tertiary/aromatic N) is 4. The number of carbonyl (C=O) groups is 2. The lowest BCUT2D eigenvalue weighted by molar-refractivity contribution is -0.129. The third-order valence-corrected chi connectivity index (χ3v) is 6.76. The van der Waals surface area contributed by atoms with E-state index in [1.807, 2.05) is 43.3 Å². The summed E-state index contributed by atoms with van der Waals surface area (Å²) in [7, 11) is 3.98. The number of likely N-dealkylation sites (N-methyl/N-ethyl adjacent to an activating group) is 1. The van der Waals surface area contributed by atoms with Gasteiger partial charge in [-0.25, -0.2) is 18.7 Å². The molecule has 9 heteroatoms. The van der Waals surface area contributed by atoms with Crippen LogP contribution in [0.1, 0.15) is 45.2 Å². The van der Waals surface area contributed by atoms with E-state index < -0.39 is 11.6 Å². The average Bonchev–Trinajstić information content (AvgIpc) is 3.40. The molecule has 0 radical (unpaired) electrons. The summed E-state index contributed by atoms with van der Waals surface area (Å²) in [6.45, 7) is 2.47. The quantitative estimate of drug-likeness (QED) is 0.550. The van der Waals surface area contributed by atoms with Gasteiger partial charge in [0.2, 0.25) is 5.91 Å². The SMILES string of the molecule is CN(C)CCN1CC[C@H](c2ccc(Cc3nc(-c4c(F)cccc4F)nc4c3C(=O)NC4)cc2)C1=O. The van der Waals surface area contributed by atoms with E-state index in [2.05, 4.69) is 20.2 Å². The predicted molar refractivity (Wildman–Crippen MR) is 130 cm³/mol. The summed E-state index contributed by atoms with van der Waals surface area (Å²) in [6, 6.07) is 11.3. The first-order valence-electron chi connectivity index (χ1n) is 12.0. The van der Waals surface area contributed by atoms with Crippen molar-refractivity contribution >= 4 is 11.8 Å². The van der Waals surface area contributed by atoms with Crippen molar-refractivity contribution in [3.05, 3.63) is 82.2 Å². The molecular formula is C27H27F2N5O2. The Morgan fingerprint density at radius 3 is 2.44 bits per heavy atom. The van der Waals surface area contributed by atoms with E-state index in [9.17, 15) is 18.4 Å². The lowest BCUT2D eigenvalue weighted by Gasteiger charge is -2.19. The van der Waals surface area contributed by atoms with Gasteiger partial charge in [-0.05, 0) is 43.8 Å². The lowest BCUT2D eigenvalue weighted by atomic mass is 9.95. The van der Waals surface area contributed by atoms with Crippen LogP contribution in [-0.4, -0.2) is 65.3 Å². The van der Waals surface area contributed by atoms with Crippen LogP contribution in [0.2, 0.25) is 0 Å². The van der Waals surface area contributed by atoms with Gasteiger partial charge in [0, 0.05) is 26.1 Å². The highest BCUT2D eigenvalue weighted by Crippen LogP contribution is 2.30. The predicted octanol–water partition coefficient (Wildman–Crippen LogP) is 3.13. The van der Waals surface area contributed by atoms with Gasteiger partial charge >= 0.3 is 0 Å². The van der Waals surface area contributed by atoms with Crippen molar-refractivity contribution in [3.8, 4) is 11.4 Å². The second-order valence-electron chi connectivity index (χ2n) is 9.48. The molecule has 1 aromatic heterocycles. The van der Waals surface area contributed by atoms with Crippen molar-refractivity contribution in [1.29, 1.82) is 0 Å². The summed E-state index contributed by atoms with van der Waals surface area (Å²) in [6.07, 6.45) is 1.07. The summed E-state index contributed by atoms with van der Waals surface area (Å²) in [5.41, 5.74) is 2.70. The maximum atomic E-state index is 14.4. The Bertz CT molecular complexity index is 1310. The van der Waals surface area contributed by atoms with Crippen LogP contribution in [0.25, 0.3) is 11.4 Å². The number of carbonyl (C=O) groups excluding carboxylic acids is 2. The Morgan fingerprint density at radius 1 is 1.03 bits per heavy atom. The molecule has 7 nitrogen and oxygen atoms in total. The van der Waals surface area contributed by atoms with Crippen LogP contribution in [0.4, 0.5) is 8.78 Å². The van der Waals surface area contributed by atoms with Crippen LogP contribution >= 0.6 is 0 Å². The van der Waals surface area contributed by atoms with E-state index in [0.717, 1.165) is 42.8 Å². The molecule has 1 saturated heterocycles. The van der Waals surface area contributed by atoms with Crippen LogP contribution in [0.15, 0.2) is 42.5 Å². The van der Waals surface area contributed by atoms with Gasteiger partial charge in [-0.3, -0.25) is 9.59 Å². The number of hydrogen-bond donors (Lipinski definition) is 1. The molecule has 2 aromatic carbocycles. The third kappa shape index (κ3) is 4.58. The van der Waals surface area contributed by atoms with Gasteiger partial charge in [-0.15, -0.1) is 0 Å². The van der Waals surface area contributed by atoms with Gasteiger partial charge < -0.3 is 15.1 Å². The highest BCUT2D eigenvalue weighted by atomic mass is 19.1. The summed E-state index contributed by atoms with van der Waals surface area (Å²) in [5, 5.41) is 2.72. The maximum absolute atomic E-state index is 14.4. The first-order valence-corrected chi connectivity index (χ1v) is 12.0. The smallest absolute Gasteiger partial charge is 0.255 e. The van der Waals surface area contributed by atoms with Crippen molar-refractivity contribution in [2.75, 3.05) is 33.7 Å². The molecular weight excluding hydrogens is 464 g/mol. The number of nitrogens with one attached hydrogen (secondary N) is 1. The first kappa shape index (κ1) is 24.0. The summed E-state index contributed by atoms with van der Waals surface area (Å²) < 4.78 is 28.9. The molecule has 2 aliphatic rings. The van der Waals surface area contributed by atoms with Crippen molar-refractivity contribution < 1.29 is 18.4 Å². The monoisotopic (exact) mass is 491 g/mol. The lowest BCUT2D eigenvalue weighted by Crippen LogP contribution is -2.33. The fourth-order valence-electron chi connectivity index (χ4n) is 4.80. The van der Waals surface area contributed by atoms with E-state index in [0.29, 0.717) is 23.5 Å². The molecule has 2 amide bonds. The van der Waals surface area contributed by atoms with Gasteiger partial charge in [-0.1, -0.05) is 30.3 Å². The zero-order chi connectivity index (χ0) is 25.4. The zero-order valence-corrected chi connectivity index (χ0v) is 20.2. The van der Waals surface area contributed by atoms with Crippen LogP contribution in [-0.2, 0) is 17.8 Å². The van der Waals surface area contributed by atoms with E-state index in [-0.39, 0.29) is 42.1 Å². The molecule has 3 heterocycles. The molecule has 0 saturated carbocycles. The van der Waals surface area contributed by atoms with Gasteiger partial charge in [0.05, 0.1) is 35.0 Å². The number of hydrogen-bond acceptors (Lipinski definition) is 5. The standard InChI is InChI=1S/C27H27F2N5O2/c1-33(2)12-13-34-11-10-18(27(34)36)17-8-6-16(7-9-17)14-21-24-22(15-30-26(24)35)32-25(31-21)23-19(28)4-3-5-20(23)29/h3-9,18H,10-15H2,1-2H3,(H,30,35)/t18-/m1/s1. The molecule has 0 aliphatic carbocycles. The molecule has 0 spiro atoms. The zero-order valence-electron chi connectivity index (χ0n) is 20.2. The number of aromatic nitrogens is 2. The van der Waals surface area contributed by atoms with Crippen LogP contribution in [0.3, 0.4) is 0 Å². The normalized spacial score (nSPS) is 17.1. The second kappa shape index (κ2) is 9.73. The van der Waals surface area contributed by atoms with Crippen molar-refractivity contribution in [3.63, 3.8) is 0 Å². The topological polar surface area (TPSA) is 78.4 Å². The Hall–Kier alpha value is -3.72. The second-order valence-corrected chi connectivity index (χ2v) is 9.48. The fraction of sp³-hybridized carbons (Fsp3) is 0.333. The highest BCUT2D eigenvalue weighted by Gasteiger charge is 2.32. The fourth-order valence-corrected chi connectivity index (χ4v) is 4.80. The minimum Gasteiger partial charge on any atom is -0.346 e. The Balaban J connectivity index is 1.40. The van der Waals surface area contributed by atoms with Crippen LogP contribution in [0.5, 0.6) is 0 Å². The summed E-state index contributed by atoms with van der Waals surface area (Å²) >= 11 is 0. The van der Waals surface area contributed by atoms with Gasteiger partial charge in [0.25, 0.3) is 5.91 Å². The molecule has 1 fully saturated rings. The van der Waals surface area contributed by atoms with Crippen molar-refractivity contribution in [2.24, 2.45) is 0 Å². The number of fused-ring (bicyclic) bond motifs is 1. The Kier molecular flexibility index (Phi) is 6.49. The molecule has 2 aliphatic heterocycles. The molecule has 36 heavy (non-hydrogen) atoms. The van der Waals surface area contributed by atoms with Crippen LogP contribution < -0.4 is 5.32 Å². The van der Waals surface area contributed by atoms with E-state index in [4.69, 9.17) is 0 Å². The molecule has 1 atom stereocenters. The highest BCUT2D eigenvalue weighted by molar-refractivity contribution is 5.99. The Morgan fingerprint density at radius 2 is 1.75 bits per heavy atom. The van der Waals surface area contributed by atoms with Gasteiger partial charge in [0.15, 0.2) is 5.82 Å². The number of likely N-dealkylation sites (tertiary alicyclic amines) is 1. The Labute approximate surface area is 208 Å². The van der Waals surface area contributed by atoms with Crippen molar-refractivity contribution in [1.82, 2.24) is 25.1 Å². The minimum absolute atomic E-state index is 0.0816. The largest absolute Gasteiger partial charge is 0.346 e. The number of rotatable bonds is 7. The molecule has 1 N–H and O–H groups in total. The molecule has 5 rings (SSSR count). The summed E-state index contributed by atoms with van der Waals surface area (Å²) in [5.74, 6) is -1.92. The number of amides is 2. The van der Waals surface area contributed by atoms with Crippen LogP contribution in [0, 0.1) is 11.6 Å². The van der Waals surface area contributed by atoms with Gasteiger partial charge in [0.1, 0.15) is 11.6 Å². The minimum atomic E-state index is -0.761. The van der Waals surface area contributed by atoms with Crippen molar-refractivity contribution in [2.45, 2.75) is 25.3 Å². The molecule has 0 unspecified atom stereocenters. The molecule has 186 valence electrons. The van der Waals surface area contributed by atoms with E-state index >= 15 is 0 Å². The first-order chi connectivity index (χ1) is 17.3. The molecule has 3 aromatic rings. The summed E-state index contributed by atoms with van der Waals surface area (Å²) in [4.78, 5) is 38.0. The third-order valence-electron chi connectivity index (χ3n) is 6.76.